The minimum Gasteiger partial charge on any atom is -0.473 e. The van der Waals surface area contributed by atoms with Gasteiger partial charge in [0.15, 0.2) is 0 Å². The van der Waals surface area contributed by atoms with E-state index in [0.29, 0.717) is 60.6 Å². The first kappa shape index (κ1) is 35.7. The number of ether oxygens (including phenoxy) is 2. The van der Waals surface area contributed by atoms with E-state index < -0.39 is 11.6 Å². The number of benzene rings is 2. The Kier molecular flexibility index (Phi) is 12.7. The summed E-state index contributed by atoms with van der Waals surface area (Å²) in [5, 5.41) is 0. The number of morpholine rings is 1. The molecule has 5 rings (SSSR count). The van der Waals surface area contributed by atoms with Crippen LogP contribution in [0.4, 0.5) is 14.7 Å². The molecule has 2 unspecified atom stereocenters. The fraction of sp³-hybridized carbons (Fsp3) is 0.273. The van der Waals surface area contributed by atoms with E-state index in [4.69, 9.17) is 19.4 Å². The summed E-state index contributed by atoms with van der Waals surface area (Å²) in [4.78, 5) is 28.8. The van der Waals surface area contributed by atoms with Gasteiger partial charge in [-0.2, -0.15) is 0 Å². The quantitative estimate of drug-likeness (QED) is 0.171. The molecule has 1 saturated heterocycles. The number of hydrogen-bond donors (Lipinski definition) is 0. The van der Waals surface area contributed by atoms with E-state index >= 15 is 4.39 Å². The Labute approximate surface area is 282 Å². The van der Waals surface area contributed by atoms with Crippen LogP contribution in [0.1, 0.15) is 42.3 Å². The third-order valence-electron chi connectivity index (χ3n) is 7.28. The molecule has 0 spiro atoms. The van der Waals surface area contributed by atoms with Gasteiger partial charge in [-0.05, 0) is 50.6 Å². The average molecular weight is 711 g/mol. The van der Waals surface area contributed by atoms with E-state index in [1.165, 1.54) is 17.0 Å². The summed E-state index contributed by atoms with van der Waals surface area (Å²) in [5.41, 5.74) is 4.09. The maximum absolute atomic E-state index is 15.1. The second-order valence-electron chi connectivity index (χ2n) is 10.5. The molecule has 1 aliphatic rings. The molecule has 8 nitrogen and oxygen atoms in total. The minimum absolute atomic E-state index is 0. The number of halogens is 2. The minimum atomic E-state index is -0.742. The number of aromatic nitrogens is 3. The summed E-state index contributed by atoms with van der Waals surface area (Å²) >= 11 is 0. The van der Waals surface area contributed by atoms with Gasteiger partial charge in [0.25, 0.3) is 0 Å². The summed E-state index contributed by atoms with van der Waals surface area (Å²) in [7, 11) is 1.62. The van der Waals surface area contributed by atoms with Crippen LogP contribution < -0.4 is 9.64 Å². The van der Waals surface area contributed by atoms with Crippen LogP contribution in [0.15, 0.2) is 72.6 Å². The average Bonchev–Trinajstić information content (AvgIpc) is 3.01. The van der Waals surface area contributed by atoms with Crippen molar-refractivity contribution in [3.05, 3.63) is 107 Å². The zero-order valence-electron chi connectivity index (χ0n) is 25.7. The van der Waals surface area contributed by atoms with E-state index in [2.05, 4.69) is 4.98 Å². The van der Waals surface area contributed by atoms with Gasteiger partial charge in [-0.15, -0.1) is 0 Å². The van der Waals surface area contributed by atoms with Crippen LogP contribution in [0.3, 0.4) is 0 Å². The van der Waals surface area contributed by atoms with Crippen molar-refractivity contribution in [3.63, 3.8) is 0 Å². The number of nitrogens with zero attached hydrogens (tertiary/aromatic N) is 5. The fourth-order valence-corrected chi connectivity index (χ4v) is 4.86. The third kappa shape index (κ3) is 8.70. The molecule has 0 saturated carbocycles. The maximum atomic E-state index is 15.1. The van der Waals surface area contributed by atoms with Crippen LogP contribution in [0, 0.1) is 18.6 Å². The topological polar surface area (TPSA) is 80.7 Å². The van der Waals surface area contributed by atoms with Gasteiger partial charge < -0.3 is 19.3 Å². The van der Waals surface area contributed by atoms with E-state index in [-0.39, 0.29) is 52.0 Å². The van der Waals surface area contributed by atoms with Crippen molar-refractivity contribution < 1.29 is 23.0 Å². The molecule has 1 amide bonds. The van der Waals surface area contributed by atoms with Crippen molar-refractivity contribution in [2.24, 2.45) is 0 Å². The van der Waals surface area contributed by atoms with Crippen molar-refractivity contribution >= 4 is 52.7 Å². The molecule has 1 aliphatic heterocycles. The molecule has 1 fully saturated rings. The van der Waals surface area contributed by atoms with Crippen LogP contribution in [0.2, 0.25) is 0 Å². The van der Waals surface area contributed by atoms with Gasteiger partial charge in [-0.1, -0.05) is 30.3 Å². The van der Waals surface area contributed by atoms with Gasteiger partial charge in [-0.25, -0.2) is 23.7 Å². The van der Waals surface area contributed by atoms with E-state index in [1.807, 2.05) is 54.3 Å². The molecule has 0 aliphatic carbocycles. The summed E-state index contributed by atoms with van der Waals surface area (Å²) < 4.78 is 41.0. The molecule has 3 heterocycles. The number of aryl methyl sites for hydroxylation is 1. The second kappa shape index (κ2) is 16.0. The predicted molar refractivity (Wildman–Crippen MR) is 172 cm³/mol. The summed E-state index contributed by atoms with van der Waals surface area (Å²) in [5.74, 6) is -0.520. The van der Waals surface area contributed by atoms with E-state index in [9.17, 15) is 9.18 Å². The number of anilines is 1. The number of allylic oxidation sites excluding steroid dienone is 1. The molecule has 0 N–H and O–H groups in total. The van der Waals surface area contributed by atoms with E-state index in [0.717, 1.165) is 17.2 Å². The summed E-state index contributed by atoms with van der Waals surface area (Å²) in [6, 6.07) is 17.0. The third-order valence-corrected chi connectivity index (χ3v) is 7.28. The Hall–Kier alpha value is -3.76. The van der Waals surface area contributed by atoms with Crippen molar-refractivity contribution in [1.29, 1.82) is 0 Å². The van der Waals surface area contributed by atoms with Crippen LogP contribution in [-0.2, 0) is 16.1 Å². The smallest absolute Gasteiger partial charge is 0.226 e. The van der Waals surface area contributed by atoms with Crippen molar-refractivity contribution in [3.8, 4) is 17.1 Å². The summed E-state index contributed by atoms with van der Waals surface area (Å²) in [6.45, 7) is 6.88. The van der Waals surface area contributed by atoms with Gasteiger partial charge in [0.2, 0.25) is 18.2 Å². The number of rotatable bonds is 9. The zero-order valence-corrected chi connectivity index (χ0v) is 28.9. The molecule has 228 valence electrons. The summed E-state index contributed by atoms with van der Waals surface area (Å²) in [6.07, 6.45) is 3.67. The van der Waals surface area contributed by atoms with Gasteiger partial charge in [-0.3, -0.25) is 4.79 Å². The Morgan fingerprint density at radius 1 is 1.11 bits per heavy atom. The number of hydrogen-bond acceptors (Lipinski definition) is 7. The molecule has 2 aromatic carbocycles. The van der Waals surface area contributed by atoms with Crippen LogP contribution in [0.25, 0.3) is 17.3 Å². The first-order chi connectivity index (χ1) is 20.7. The molecule has 4 aromatic rings. The van der Waals surface area contributed by atoms with Gasteiger partial charge >= 0.3 is 0 Å². The number of carbonyl (C=O) groups excluding carboxylic acids is 1. The number of carbonyl (C=O) groups is 1. The van der Waals surface area contributed by atoms with Crippen LogP contribution in [-0.4, -0.2) is 86.8 Å². The predicted octanol–water partition coefficient (Wildman–Crippen LogP) is 5.36. The Morgan fingerprint density at radius 2 is 1.87 bits per heavy atom. The standard InChI is InChI=1S/C33H33F2N5O3.B.In/c1-21(39(4)20-41)14-28-23(3)37-33(38-32(28)27-12-11-26(34)15-29(27)35)40-17-22(2)43-30(18-40)25-10-13-31(36-16-25)42-19-24-8-6-5-7-9-24;;/h5-16,20,22,30H,17-19H2,1-4H3;;/b21-14-;;. The Bertz CT molecular complexity index is 1630. The first-order valence-corrected chi connectivity index (χ1v) is 14.0. The Balaban J connectivity index is 0.00000276. The largest absolute Gasteiger partial charge is 0.473 e. The molecule has 2 atom stereocenters. The maximum Gasteiger partial charge on any atom is 0.226 e. The zero-order chi connectivity index (χ0) is 30.5. The van der Waals surface area contributed by atoms with Crippen molar-refractivity contribution in [2.45, 2.75) is 39.6 Å². The second-order valence-corrected chi connectivity index (χ2v) is 10.5. The van der Waals surface area contributed by atoms with Crippen molar-refractivity contribution in [2.75, 3.05) is 25.0 Å². The SMILES string of the molecule is C/C(=C/c1c(C)nc(N2CC(C)OC(c3ccc(OCc4ccccc4)nc3)C2)nc1-c1ccc(F)cc1F)N(C)C=O.[B].[In]. The Morgan fingerprint density at radius 3 is 2.53 bits per heavy atom. The van der Waals surface area contributed by atoms with Crippen LogP contribution in [0.5, 0.6) is 5.88 Å². The first-order valence-electron chi connectivity index (χ1n) is 14.0. The van der Waals surface area contributed by atoms with Gasteiger partial charge in [0, 0.05) is 88.6 Å². The molecule has 12 heteroatoms. The molecule has 6 radical (unpaired) electrons. The molecule has 45 heavy (non-hydrogen) atoms. The molecular formula is C33H33BF2InN5O3. The van der Waals surface area contributed by atoms with E-state index in [1.54, 1.807) is 33.2 Å². The fourth-order valence-electron chi connectivity index (χ4n) is 4.86. The molecule has 0 bridgehead atoms. The normalized spacial score (nSPS) is 16.3. The molecule has 2 aromatic heterocycles. The number of pyridine rings is 1. The van der Waals surface area contributed by atoms with Gasteiger partial charge in [0.05, 0.1) is 24.0 Å². The number of amides is 1. The van der Waals surface area contributed by atoms with Crippen LogP contribution >= 0.6 is 0 Å². The molecular weight excluding hydrogens is 678 g/mol. The van der Waals surface area contributed by atoms with Gasteiger partial charge in [0.1, 0.15) is 24.3 Å². The monoisotopic (exact) mass is 711 g/mol. The van der Waals surface area contributed by atoms with Crippen molar-refractivity contribution in [1.82, 2.24) is 19.9 Å².